The van der Waals surface area contributed by atoms with Gasteiger partial charge in [-0.2, -0.15) is 0 Å². The molecule has 2 heteroatoms. The van der Waals surface area contributed by atoms with Crippen LogP contribution in [0.25, 0.3) is 0 Å². The van der Waals surface area contributed by atoms with Gasteiger partial charge in [0.1, 0.15) is 0 Å². The predicted molar refractivity (Wildman–Crippen MR) is 107 cm³/mol. The van der Waals surface area contributed by atoms with Crippen molar-refractivity contribution in [1.29, 1.82) is 0 Å². The maximum atomic E-state index is 2.72. The van der Waals surface area contributed by atoms with E-state index in [1.54, 1.807) is 0 Å². The quantitative estimate of drug-likeness (QED) is 0.669. The van der Waals surface area contributed by atoms with Crippen molar-refractivity contribution in [3.63, 3.8) is 0 Å². The zero-order valence-corrected chi connectivity index (χ0v) is 17.5. The molecule has 0 aromatic rings. The standard InChI is InChI=1S/C23H40N2/c1-16(2)24-14-17-11-19(12-18(17)15-24)22(3,4)20-13-21(20)23(5,6)25-9-7-8-10-25/h7-8,16-21H,9-15H2,1-6H3. The molecule has 2 saturated carbocycles. The number of rotatable bonds is 5. The highest BCUT2D eigenvalue weighted by atomic mass is 15.2. The first-order valence-corrected chi connectivity index (χ1v) is 10.8. The molecule has 25 heavy (non-hydrogen) atoms. The van der Waals surface area contributed by atoms with Gasteiger partial charge in [0.05, 0.1) is 0 Å². The Balaban J connectivity index is 1.38. The third kappa shape index (κ3) is 3.02. The average Bonchev–Trinajstić information content (AvgIpc) is 2.89. The molecule has 2 heterocycles. The van der Waals surface area contributed by atoms with Gasteiger partial charge in [-0.3, -0.25) is 4.90 Å². The molecule has 0 radical (unpaired) electrons. The Labute approximate surface area is 156 Å². The number of hydrogen-bond acceptors (Lipinski definition) is 2. The molecule has 0 bridgehead atoms. The minimum absolute atomic E-state index is 0.369. The molecule has 1 saturated heterocycles. The van der Waals surface area contributed by atoms with E-state index in [9.17, 15) is 0 Å². The molecular formula is C23H40N2. The SMILES string of the molecule is CC(C)N1CC2CC(C(C)(C)C3CC3C(C)(C)N3CC=CC3)CC2C1. The van der Waals surface area contributed by atoms with Gasteiger partial charge in [0.2, 0.25) is 0 Å². The first-order valence-electron chi connectivity index (χ1n) is 10.8. The predicted octanol–water partition coefficient (Wildman–Crippen LogP) is 4.67. The van der Waals surface area contributed by atoms with Crippen molar-refractivity contribution < 1.29 is 0 Å². The molecule has 2 aliphatic carbocycles. The summed E-state index contributed by atoms with van der Waals surface area (Å²) in [5.74, 6) is 4.77. The maximum absolute atomic E-state index is 2.72. The van der Waals surface area contributed by atoms with E-state index < -0.39 is 0 Å². The first-order chi connectivity index (χ1) is 11.7. The van der Waals surface area contributed by atoms with Crippen LogP contribution in [0.1, 0.15) is 60.8 Å². The summed E-state index contributed by atoms with van der Waals surface area (Å²) < 4.78 is 0. The molecule has 2 nitrogen and oxygen atoms in total. The van der Waals surface area contributed by atoms with Crippen LogP contribution < -0.4 is 0 Å². The number of likely N-dealkylation sites (tertiary alicyclic amines) is 1. The fraction of sp³-hybridized carbons (Fsp3) is 0.913. The Morgan fingerprint density at radius 1 is 0.840 bits per heavy atom. The molecule has 4 aliphatic rings. The van der Waals surface area contributed by atoms with Crippen molar-refractivity contribution in [3.8, 4) is 0 Å². The molecule has 0 aromatic heterocycles. The summed E-state index contributed by atoms with van der Waals surface area (Å²) in [4.78, 5) is 5.42. The topological polar surface area (TPSA) is 6.48 Å². The molecule has 3 fully saturated rings. The number of nitrogens with zero attached hydrogens (tertiary/aromatic N) is 2. The third-order valence-electron chi connectivity index (χ3n) is 8.85. The molecule has 142 valence electrons. The second-order valence-corrected chi connectivity index (χ2v) is 11.0. The van der Waals surface area contributed by atoms with Crippen LogP contribution >= 0.6 is 0 Å². The fourth-order valence-corrected chi connectivity index (χ4v) is 6.65. The van der Waals surface area contributed by atoms with Crippen molar-refractivity contribution in [2.45, 2.75) is 72.4 Å². The van der Waals surface area contributed by atoms with Gasteiger partial charge in [-0.05, 0) is 82.0 Å². The lowest BCUT2D eigenvalue weighted by Gasteiger charge is -2.40. The summed E-state index contributed by atoms with van der Waals surface area (Å²) in [5, 5.41) is 0. The van der Waals surface area contributed by atoms with Crippen LogP contribution in [-0.4, -0.2) is 47.6 Å². The Kier molecular flexibility index (Phi) is 4.40. The number of hydrogen-bond donors (Lipinski definition) is 0. The van der Waals surface area contributed by atoms with Gasteiger partial charge in [-0.15, -0.1) is 0 Å². The Bertz CT molecular complexity index is 510. The van der Waals surface area contributed by atoms with Crippen LogP contribution in [-0.2, 0) is 0 Å². The van der Waals surface area contributed by atoms with Crippen molar-refractivity contribution in [2.24, 2.45) is 35.0 Å². The lowest BCUT2D eigenvalue weighted by atomic mass is 9.71. The van der Waals surface area contributed by atoms with E-state index in [4.69, 9.17) is 0 Å². The van der Waals surface area contributed by atoms with Crippen LogP contribution in [0.5, 0.6) is 0 Å². The molecule has 0 aromatic carbocycles. The van der Waals surface area contributed by atoms with Crippen molar-refractivity contribution in [1.82, 2.24) is 9.80 Å². The van der Waals surface area contributed by atoms with E-state index in [1.165, 1.54) is 32.4 Å². The fourth-order valence-electron chi connectivity index (χ4n) is 6.65. The highest BCUT2D eigenvalue weighted by Gasteiger charge is 2.59. The smallest absolute Gasteiger partial charge is 0.0190 e. The van der Waals surface area contributed by atoms with Gasteiger partial charge < -0.3 is 4.90 Å². The van der Waals surface area contributed by atoms with Crippen molar-refractivity contribution >= 4 is 0 Å². The largest absolute Gasteiger partial charge is 0.300 e. The van der Waals surface area contributed by atoms with E-state index >= 15 is 0 Å². The summed E-state index contributed by atoms with van der Waals surface area (Å²) in [6, 6.07) is 0.736. The van der Waals surface area contributed by atoms with Crippen molar-refractivity contribution in [3.05, 3.63) is 12.2 Å². The zero-order valence-electron chi connectivity index (χ0n) is 17.5. The van der Waals surface area contributed by atoms with Crippen molar-refractivity contribution in [2.75, 3.05) is 26.2 Å². The van der Waals surface area contributed by atoms with Gasteiger partial charge >= 0.3 is 0 Å². The van der Waals surface area contributed by atoms with Gasteiger partial charge in [0, 0.05) is 37.8 Å². The van der Waals surface area contributed by atoms with Gasteiger partial charge in [0.15, 0.2) is 0 Å². The second-order valence-electron chi connectivity index (χ2n) is 11.0. The Morgan fingerprint density at radius 3 is 1.92 bits per heavy atom. The third-order valence-corrected chi connectivity index (χ3v) is 8.85. The van der Waals surface area contributed by atoms with Crippen LogP contribution in [0.3, 0.4) is 0 Å². The molecule has 4 rings (SSSR count). The molecule has 0 spiro atoms. The zero-order chi connectivity index (χ0) is 18.0. The highest BCUT2D eigenvalue weighted by Crippen LogP contribution is 2.63. The van der Waals surface area contributed by atoms with Gasteiger partial charge in [-0.1, -0.05) is 26.0 Å². The highest BCUT2D eigenvalue weighted by molar-refractivity contribution is 5.12. The minimum Gasteiger partial charge on any atom is -0.300 e. The normalized spacial score (nSPS) is 39.6. The second kappa shape index (κ2) is 6.09. The molecule has 4 atom stereocenters. The summed E-state index contributed by atoms with van der Waals surface area (Å²) in [5.41, 5.74) is 0.899. The van der Waals surface area contributed by atoms with E-state index in [0.717, 1.165) is 48.7 Å². The molecular weight excluding hydrogens is 304 g/mol. The summed E-state index contributed by atoms with van der Waals surface area (Å²) in [6.07, 6.45) is 9.15. The first kappa shape index (κ1) is 18.0. The van der Waals surface area contributed by atoms with Gasteiger partial charge in [0.25, 0.3) is 0 Å². The monoisotopic (exact) mass is 344 g/mol. The lowest BCUT2D eigenvalue weighted by Crippen LogP contribution is -2.45. The van der Waals surface area contributed by atoms with Crippen LogP contribution in [0.4, 0.5) is 0 Å². The van der Waals surface area contributed by atoms with Crippen LogP contribution in [0.15, 0.2) is 12.2 Å². The van der Waals surface area contributed by atoms with Crippen LogP contribution in [0, 0.1) is 35.0 Å². The molecule has 4 unspecified atom stereocenters. The molecule has 2 aliphatic heterocycles. The van der Waals surface area contributed by atoms with Crippen LogP contribution in [0.2, 0.25) is 0 Å². The summed E-state index contributed by atoms with van der Waals surface area (Å²) in [7, 11) is 0. The maximum Gasteiger partial charge on any atom is 0.0190 e. The summed E-state index contributed by atoms with van der Waals surface area (Å²) in [6.45, 7) is 20.0. The van der Waals surface area contributed by atoms with E-state index in [-0.39, 0.29) is 0 Å². The van der Waals surface area contributed by atoms with E-state index in [2.05, 4.69) is 63.5 Å². The Hall–Kier alpha value is -0.340. The molecule has 0 amide bonds. The summed E-state index contributed by atoms with van der Waals surface area (Å²) >= 11 is 0. The number of fused-ring (bicyclic) bond motifs is 1. The minimum atomic E-state index is 0.369. The molecule has 0 N–H and O–H groups in total. The van der Waals surface area contributed by atoms with E-state index in [1.807, 2.05) is 0 Å². The van der Waals surface area contributed by atoms with E-state index in [0.29, 0.717) is 11.0 Å². The van der Waals surface area contributed by atoms with Gasteiger partial charge in [-0.25, -0.2) is 0 Å². The Morgan fingerprint density at radius 2 is 1.40 bits per heavy atom. The average molecular weight is 345 g/mol. The lowest BCUT2D eigenvalue weighted by molar-refractivity contribution is 0.0917.